The number of carbonyl (C=O) groups is 1. The molecule has 14 heavy (non-hydrogen) atoms. The lowest BCUT2D eigenvalue weighted by molar-refractivity contribution is -0.139. The molecule has 0 fully saturated rings. The molecule has 0 aliphatic heterocycles. The Morgan fingerprint density at radius 2 is 2.43 bits per heavy atom. The molecular weight excluding hydrogens is 184 g/mol. The molecule has 1 heterocycles. The molecule has 0 saturated heterocycles. The number of carboxylic acid groups (broad SMARTS) is 1. The fourth-order valence-electron chi connectivity index (χ4n) is 1.40. The fraction of sp³-hybridized carbons (Fsp3) is 0.556. The quantitative estimate of drug-likeness (QED) is 0.780. The lowest BCUT2D eigenvalue weighted by Crippen LogP contribution is -2.12. The van der Waals surface area contributed by atoms with Crippen LogP contribution in [0.25, 0.3) is 0 Å². The Morgan fingerprint density at radius 1 is 1.79 bits per heavy atom. The van der Waals surface area contributed by atoms with Crippen molar-refractivity contribution in [2.75, 3.05) is 7.11 Å². The average Bonchev–Trinajstić information content (AvgIpc) is 2.41. The molecule has 1 aromatic rings. The van der Waals surface area contributed by atoms with Crippen LogP contribution in [-0.4, -0.2) is 28.0 Å². The zero-order chi connectivity index (χ0) is 10.7. The third kappa shape index (κ3) is 2.32. The molecule has 5 heteroatoms. The molecule has 1 rings (SSSR count). The van der Waals surface area contributed by atoms with E-state index >= 15 is 0 Å². The number of aromatic nitrogens is 2. The maximum Gasteiger partial charge on any atom is 0.306 e. The molecule has 0 spiro atoms. The highest BCUT2D eigenvalue weighted by Gasteiger charge is 2.18. The van der Waals surface area contributed by atoms with E-state index in [1.165, 1.54) is 7.11 Å². The summed E-state index contributed by atoms with van der Waals surface area (Å²) in [4.78, 5) is 10.6. The van der Waals surface area contributed by atoms with E-state index in [-0.39, 0.29) is 6.42 Å². The van der Waals surface area contributed by atoms with Crippen LogP contribution in [0.2, 0.25) is 0 Å². The molecule has 0 radical (unpaired) electrons. The lowest BCUT2D eigenvalue weighted by Gasteiger charge is -2.12. The van der Waals surface area contributed by atoms with Crippen LogP contribution < -0.4 is 0 Å². The van der Waals surface area contributed by atoms with E-state index in [1.807, 2.05) is 13.0 Å². The van der Waals surface area contributed by atoms with Gasteiger partial charge >= 0.3 is 5.97 Å². The van der Waals surface area contributed by atoms with Crippen LogP contribution in [0.5, 0.6) is 0 Å². The lowest BCUT2D eigenvalue weighted by atomic mass is 10.2. The summed E-state index contributed by atoms with van der Waals surface area (Å²) in [5, 5.41) is 12.8. The highest BCUT2D eigenvalue weighted by atomic mass is 16.5. The Balaban J connectivity index is 2.88. The van der Waals surface area contributed by atoms with Crippen molar-refractivity contribution >= 4 is 5.97 Å². The normalized spacial score (nSPS) is 12.8. The molecular formula is C9H14N2O3. The molecule has 1 unspecified atom stereocenters. The van der Waals surface area contributed by atoms with E-state index in [4.69, 9.17) is 9.84 Å². The monoisotopic (exact) mass is 198 g/mol. The second-order valence-corrected chi connectivity index (χ2v) is 3.16. The number of hydrogen-bond acceptors (Lipinski definition) is 3. The van der Waals surface area contributed by atoms with Crippen molar-refractivity contribution in [3.8, 4) is 0 Å². The van der Waals surface area contributed by atoms with E-state index < -0.39 is 12.1 Å². The van der Waals surface area contributed by atoms with Crippen LogP contribution >= 0.6 is 0 Å². The SMILES string of the molecule is COC(CC(=O)O)c1cc(C)nn1C. The topological polar surface area (TPSA) is 64.3 Å². The second kappa shape index (κ2) is 4.23. The minimum absolute atomic E-state index is 0.0462. The molecule has 0 aliphatic carbocycles. The van der Waals surface area contributed by atoms with Gasteiger partial charge in [0.2, 0.25) is 0 Å². The predicted molar refractivity (Wildman–Crippen MR) is 49.9 cm³/mol. The fourth-order valence-corrected chi connectivity index (χ4v) is 1.40. The van der Waals surface area contributed by atoms with Gasteiger partial charge < -0.3 is 9.84 Å². The summed E-state index contributed by atoms with van der Waals surface area (Å²) in [5.74, 6) is -0.879. The zero-order valence-electron chi connectivity index (χ0n) is 8.52. The standard InChI is InChI=1S/C9H14N2O3/c1-6-4-7(11(2)10-6)8(14-3)5-9(12)13/h4,8H,5H2,1-3H3,(H,12,13). The van der Waals surface area contributed by atoms with Crippen LogP contribution in [0.1, 0.15) is 23.9 Å². The van der Waals surface area contributed by atoms with E-state index in [0.717, 1.165) is 11.4 Å². The van der Waals surface area contributed by atoms with Crippen LogP contribution in [0, 0.1) is 6.92 Å². The summed E-state index contributed by atoms with van der Waals surface area (Å²) < 4.78 is 6.74. The van der Waals surface area contributed by atoms with Gasteiger partial charge in [-0.3, -0.25) is 9.48 Å². The molecule has 0 saturated carbocycles. The number of carboxylic acids is 1. The number of aryl methyl sites for hydroxylation is 2. The Morgan fingerprint density at radius 3 is 2.79 bits per heavy atom. The van der Waals surface area contributed by atoms with E-state index in [2.05, 4.69) is 5.10 Å². The van der Waals surface area contributed by atoms with Crippen LogP contribution in [0.4, 0.5) is 0 Å². The number of methoxy groups -OCH3 is 1. The van der Waals surface area contributed by atoms with Gasteiger partial charge in [-0.05, 0) is 13.0 Å². The first kappa shape index (κ1) is 10.7. The van der Waals surface area contributed by atoms with Crippen molar-refractivity contribution in [3.05, 3.63) is 17.5 Å². The summed E-state index contributed by atoms with van der Waals surface area (Å²) in [6.45, 7) is 1.86. The Labute approximate surface area is 82.3 Å². The molecule has 1 aromatic heterocycles. The maximum absolute atomic E-state index is 10.6. The summed E-state index contributed by atoms with van der Waals surface area (Å²) in [6.07, 6.45) is -0.478. The van der Waals surface area contributed by atoms with Gasteiger partial charge in [-0.1, -0.05) is 0 Å². The highest BCUT2D eigenvalue weighted by molar-refractivity contribution is 5.67. The maximum atomic E-state index is 10.6. The minimum atomic E-state index is -0.879. The molecule has 0 bridgehead atoms. The van der Waals surface area contributed by atoms with Gasteiger partial charge in [0, 0.05) is 14.2 Å². The zero-order valence-corrected chi connectivity index (χ0v) is 8.52. The van der Waals surface area contributed by atoms with Gasteiger partial charge in [0.05, 0.1) is 17.8 Å². The van der Waals surface area contributed by atoms with Crippen molar-refractivity contribution in [3.63, 3.8) is 0 Å². The second-order valence-electron chi connectivity index (χ2n) is 3.16. The van der Waals surface area contributed by atoms with Crippen LogP contribution in [0.15, 0.2) is 6.07 Å². The smallest absolute Gasteiger partial charge is 0.306 e. The Bertz CT molecular complexity index is 333. The first-order valence-corrected chi connectivity index (χ1v) is 4.29. The first-order valence-electron chi connectivity index (χ1n) is 4.29. The van der Waals surface area contributed by atoms with Gasteiger partial charge in [-0.15, -0.1) is 0 Å². The van der Waals surface area contributed by atoms with Crippen LogP contribution in [0.3, 0.4) is 0 Å². The molecule has 0 aliphatic rings. The van der Waals surface area contributed by atoms with Gasteiger partial charge in [-0.2, -0.15) is 5.10 Å². The highest BCUT2D eigenvalue weighted by Crippen LogP contribution is 2.20. The molecule has 0 amide bonds. The summed E-state index contributed by atoms with van der Waals surface area (Å²) >= 11 is 0. The predicted octanol–water partition coefficient (Wildman–Crippen LogP) is 0.891. The van der Waals surface area contributed by atoms with Crippen molar-refractivity contribution in [2.24, 2.45) is 7.05 Å². The number of rotatable bonds is 4. The van der Waals surface area contributed by atoms with Gasteiger partial charge in [-0.25, -0.2) is 0 Å². The van der Waals surface area contributed by atoms with Crippen LogP contribution in [-0.2, 0) is 16.6 Å². The van der Waals surface area contributed by atoms with Crippen molar-refractivity contribution < 1.29 is 14.6 Å². The molecule has 5 nitrogen and oxygen atoms in total. The third-order valence-corrected chi connectivity index (χ3v) is 2.01. The number of aliphatic carboxylic acids is 1. The molecule has 78 valence electrons. The van der Waals surface area contributed by atoms with Crippen molar-refractivity contribution in [1.29, 1.82) is 0 Å². The minimum Gasteiger partial charge on any atom is -0.481 e. The van der Waals surface area contributed by atoms with Gasteiger partial charge in [0.15, 0.2) is 0 Å². The largest absolute Gasteiger partial charge is 0.481 e. The van der Waals surface area contributed by atoms with Gasteiger partial charge in [0.25, 0.3) is 0 Å². The average molecular weight is 198 g/mol. The van der Waals surface area contributed by atoms with E-state index in [1.54, 1.807) is 11.7 Å². The van der Waals surface area contributed by atoms with Crippen molar-refractivity contribution in [1.82, 2.24) is 9.78 Å². The molecule has 0 aromatic carbocycles. The number of ether oxygens (including phenoxy) is 1. The summed E-state index contributed by atoms with van der Waals surface area (Å²) in [7, 11) is 3.27. The van der Waals surface area contributed by atoms with E-state index in [0.29, 0.717) is 0 Å². The molecule has 1 atom stereocenters. The summed E-state index contributed by atoms with van der Waals surface area (Å²) in [6, 6.07) is 1.83. The van der Waals surface area contributed by atoms with Crippen molar-refractivity contribution in [2.45, 2.75) is 19.4 Å². The number of nitrogens with zero attached hydrogens (tertiary/aromatic N) is 2. The van der Waals surface area contributed by atoms with E-state index in [9.17, 15) is 4.79 Å². The first-order chi connectivity index (χ1) is 6.54. The number of hydrogen-bond donors (Lipinski definition) is 1. The Kier molecular flexibility index (Phi) is 3.24. The van der Waals surface area contributed by atoms with Gasteiger partial charge in [0.1, 0.15) is 6.10 Å². The third-order valence-electron chi connectivity index (χ3n) is 2.01. The summed E-state index contributed by atoms with van der Waals surface area (Å²) in [5.41, 5.74) is 1.64. The molecule has 1 N–H and O–H groups in total. The Hall–Kier alpha value is -1.36.